The third-order valence-corrected chi connectivity index (χ3v) is 6.09. The van der Waals surface area contributed by atoms with E-state index in [1.165, 1.54) is 22.4 Å². The predicted molar refractivity (Wildman–Crippen MR) is 114 cm³/mol. The largest absolute Gasteiger partial charge is 0.365 e. The van der Waals surface area contributed by atoms with Crippen molar-refractivity contribution in [3.8, 4) is 0 Å². The zero-order valence-electron chi connectivity index (χ0n) is 15.2. The molecule has 1 aliphatic heterocycles. The molecule has 2 aromatic carbocycles. The maximum absolute atomic E-state index is 6.15. The van der Waals surface area contributed by atoms with Gasteiger partial charge in [0.05, 0.1) is 16.2 Å². The highest BCUT2D eigenvalue weighted by molar-refractivity contribution is 9.10. The highest BCUT2D eigenvalue weighted by atomic mass is 79.9. The van der Waals surface area contributed by atoms with E-state index in [9.17, 15) is 0 Å². The first-order valence-electron chi connectivity index (χ1n) is 8.26. The van der Waals surface area contributed by atoms with Crippen LogP contribution in [0, 0.1) is 6.92 Å². The standard InChI is InChI=1S/C21H22BrClN2/c1-13-8-20-17(14(2)11-21(3,4)25(20)5)9-15(13)12-24-16-6-7-18(22)19(23)10-16/h6-12H,1-5H3. The molecule has 0 fully saturated rings. The summed E-state index contributed by atoms with van der Waals surface area (Å²) in [5.41, 5.74) is 7.04. The minimum Gasteiger partial charge on any atom is -0.365 e. The Kier molecular flexibility index (Phi) is 4.82. The van der Waals surface area contributed by atoms with E-state index in [4.69, 9.17) is 11.6 Å². The van der Waals surface area contributed by atoms with E-state index >= 15 is 0 Å². The van der Waals surface area contributed by atoms with Gasteiger partial charge in [-0.15, -0.1) is 0 Å². The summed E-state index contributed by atoms with van der Waals surface area (Å²) in [6, 6.07) is 10.2. The van der Waals surface area contributed by atoms with Crippen molar-refractivity contribution in [1.82, 2.24) is 0 Å². The molecule has 0 radical (unpaired) electrons. The number of aryl methyl sites for hydroxylation is 1. The molecule has 0 unspecified atom stereocenters. The number of benzene rings is 2. The number of rotatable bonds is 2. The van der Waals surface area contributed by atoms with E-state index in [0.717, 1.165) is 15.7 Å². The summed E-state index contributed by atoms with van der Waals surface area (Å²) in [6.45, 7) is 8.78. The summed E-state index contributed by atoms with van der Waals surface area (Å²) in [5, 5.41) is 0.666. The number of nitrogens with zero attached hydrogens (tertiary/aromatic N) is 2. The molecule has 2 nitrogen and oxygen atoms in total. The number of anilines is 1. The molecule has 0 atom stereocenters. The van der Waals surface area contributed by atoms with Gasteiger partial charge in [0, 0.05) is 29.0 Å². The number of hydrogen-bond acceptors (Lipinski definition) is 2. The van der Waals surface area contributed by atoms with Gasteiger partial charge in [0.15, 0.2) is 0 Å². The van der Waals surface area contributed by atoms with Crippen LogP contribution in [0.5, 0.6) is 0 Å². The molecule has 25 heavy (non-hydrogen) atoms. The van der Waals surface area contributed by atoms with Crippen molar-refractivity contribution >= 4 is 50.7 Å². The molecule has 0 spiro atoms. The van der Waals surface area contributed by atoms with E-state index < -0.39 is 0 Å². The number of fused-ring (bicyclic) bond motifs is 1. The molecular weight excluding hydrogens is 396 g/mol. The van der Waals surface area contributed by atoms with Crippen LogP contribution in [0.4, 0.5) is 11.4 Å². The Labute approximate surface area is 163 Å². The van der Waals surface area contributed by atoms with Gasteiger partial charge >= 0.3 is 0 Å². The van der Waals surface area contributed by atoms with Gasteiger partial charge in [-0.1, -0.05) is 17.7 Å². The first-order valence-corrected chi connectivity index (χ1v) is 9.43. The lowest BCUT2D eigenvalue weighted by Gasteiger charge is -2.41. The Bertz CT molecular complexity index is 897. The Hall–Kier alpha value is -1.58. The molecule has 0 saturated carbocycles. The smallest absolute Gasteiger partial charge is 0.0645 e. The van der Waals surface area contributed by atoms with Gasteiger partial charge < -0.3 is 4.90 Å². The van der Waals surface area contributed by atoms with E-state index in [0.29, 0.717) is 5.02 Å². The molecule has 1 heterocycles. The lowest BCUT2D eigenvalue weighted by Crippen LogP contribution is -2.42. The zero-order valence-corrected chi connectivity index (χ0v) is 17.5. The third-order valence-electron chi connectivity index (χ3n) is 4.86. The van der Waals surface area contributed by atoms with Gasteiger partial charge in [0.2, 0.25) is 0 Å². The fourth-order valence-corrected chi connectivity index (χ4v) is 3.59. The highest BCUT2D eigenvalue weighted by Gasteiger charge is 2.28. The molecule has 2 aromatic rings. The third kappa shape index (κ3) is 3.54. The molecule has 0 aliphatic carbocycles. The van der Waals surface area contributed by atoms with Crippen LogP contribution < -0.4 is 4.90 Å². The number of likely N-dealkylation sites (N-methyl/N-ethyl adjacent to an activating group) is 1. The maximum atomic E-state index is 6.15. The fourth-order valence-electron chi connectivity index (χ4n) is 3.17. The summed E-state index contributed by atoms with van der Waals surface area (Å²) in [7, 11) is 2.15. The van der Waals surface area contributed by atoms with Crippen LogP contribution in [0.25, 0.3) is 5.57 Å². The minimum absolute atomic E-state index is 0.0211. The second kappa shape index (κ2) is 6.62. The monoisotopic (exact) mass is 416 g/mol. The van der Waals surface area contributed by atoms with Crippen molar-refractivity contribution in [2.45, 2.75) is 33.2 Å². The zero-order chi connectivity index (χ0) is 18.4. The molecule has 4 heteroatoms. The summed E-state index contributed by atoms with van der Waals surface area (Å²) in [4.78, 5) is 6.93. The van der Waals surface area contributed by atoms with Gasteiger partial charge in [-0.25, -0.2) is 0 Å². The van der Waals surface area contributed by atoms with Gasteiger partial charge in [-0.3, -0.25) is 4.99 Å². The second-order valence-corrected chi connectivity index (χ2v) is 8.38. The SMILES string of the molecule is CC1=CC(C)(C)N(C)c2cc(C)c(C=Nc3ccc(Br)c(Cl)c3)cc21. The topological polar surface area (TPSA) is 15.6 Å². The molecule has 130 valence electrons. The number of aliphatic imine (C=N–C) groups is 1. The summed E-state index contributed by atoms with van der Waals surface area (Å²) >= 11 is 9.55. The Morgan fingerprint density at radius 1 is 1.16 bits per heavy atom. The lowest BCUT2D eigenvalue weighted by molar-refractivity contribution is 0.597. The first-order chi connectivity index (χ1) is 11.7. The molecule has 0 amide bonds. The van der Waals surface area contributed by atoms with Crippen molar-refractivity contribution in [1.29, 1.82) is 0 Å². The second-order valence-electron chi connectivity index (χ2n) is 7.12. The average molecular weight is 418 g/mol. The van der Waals surface area contributed by atoms with Crippen LogP contribution >= 0.6 is 27.5 Å². The van der Waals surface area contributed by atoms with E-state index in [-0.39, 0.29) is 5.54 Å². The van der Waals surface area contributed by atoms with Gasteiger partial charge in [-0.2, -0.15) is 0 Å². The van der Waals surface area contributed by atoms with Crippen molar-refractivity contribution in [3.05, 3.63) is 62.6 Å². The molecule has 0 bridgehead atoms. The van der Waals surface area contributed by atoms with E-state index in [2.05, 4.69) is 78.8 Å². The van der Waals surface area contributed by atoms with E-state index in [1.54, 1.807) is 0 Å². The van der Waals surface area contributed by atoms with E-state index in [1.807, 2.05) is 24.4 Å². The normalized spacial score (nSPS) is 16.1. The molecular formula is C21H22BrClN2. The Morgan fingerprint density at radius 3 is 2.56 bits per heavy atom. The van der Waals surface area contributed by atoms with Crippen LogP contribution in [0.15, 0.2) is 45.9 Å². The number of hydrogen-bond donors (Lipinski definition) is 0. The molecule has 0 saturated heterocycles. The molecule has 0 N–H and O–H groups in total. The van der Waals surface area contributed by atoms with Gasteiger partial charge in [0.25, 0.3) is 0 Å². The average Bonchev–Trinajstić information content (AvgIpc) is 2.54. The lowest BCUT2D eigenvalue weighted by atomic mass is 9.87. The maximum Gasteiger partial charge on any atom is 0.0645 e. The summed E-state index contributed by atoms with van der Waals surface area (Å²) in [5.74, 6) is 0. The number of halogens is 2. The van der Waals surface area contributed by atoms with Crippen LogP contribution in [0.2, 0.25) is 5.02 Å². The van der Waals surface area contributed by atoms with Crippen LogP contribution in [-0.2, 0) is 0 Å². The highest BCUT2D eigenvalue weighted by Crippen LogP contribution is 2.39. The first kappa shape index (κ1) is 18.2. The predicted octanol–water partition coefficient (Wildman–Crippen LogP) is 6.79. The van der Waals surface area contributed by atoms with Crippen LogP contribution in [0.3, 0.4) is 0 Å². The van der Waals surface area contributed by atoms with Crippen molar-refractivity contribution in [2.75, 3.05) is 11.9 Å². The van der Waals surface area contributed by atoms with Crippen LogP contribution in [-0.4, -0.2) is 18.8 Å². The Balaban J connectivity index is 2.01. The minimum atomic E-state index is 0.0211. The number of allylic oxidation sites excluding steroid dienone is 1. The Morgan fingerprint density at radius 2 is 1.88 bits per heavy atom. The van der Waals surface area contributed by atoms with Crippen molar-refractivity contribution in [3.63, 3.8) is 0 Å². The quantitative estimate of drug-likeness (QED) is 0.491. The molecule has 1 aliphatic rings. The molecule has 0 aromatic heterocycles. The van der Waals surface area contributed by atoms with Crippen LogP contribution in [0.1, 0.15) is 37.5 Å². The van der Waals surface area contributed by atoms with Gasteiger partial charge in [-0.05, 0) is 90.7 Å². The van der Waals surface area contributed by atoms with Gasteiger partial charge in [0.1, 0.15) is 0 Å². The summed E-state index contributed by atoms with van der Waals surface area (Å²) in [6.07, 6.45) is 4.24. The van der Waals surface area contributed by atoms with Crippen molar-refractivity contribution in [2.24, 2.45) is 4.99 Å². The summed E-state index contributed by atoms with van der Waals surface area (Å²) < 4.78 is 0.879. The molecule has 3 rings (SSSR count). The fraction of sp³-hybridized carbons (Fsp3) is 0.286. The van der Waals surface area contributed by atoms with Crippen molar-refractivity contribution < 1.29 is 0 Å².